The van der Waals surface area contributed by atoms with Gasteiger partial charge in [-0.1, -0.05) is 30.3 Å². The number of carbonyl (C=O) groups is 1. The molecule has 2 rings (SSSR count). The highest BCUT2D eigenvalue weighted by Crippen LogP contribution is 2.26. The molecule has 1 aromatic rings. The molecule has 3 heteroatoms. The van der Waals surface area contributed by atoms with Gasteiger partial charge in [0.15, 0.2) is 6.54 Å². The van der Waals surface area contributed by atoms with E-state index in [0.717, 1.165) is 10.0 Å². The zero-order valence-corrected chi connectivity index (χ0v) is 12.9. The van der Waals surface area contributed by atoms with Crippen molar-refractivity contribution in [2.45, 2.75) is 44.7 Å². The molecule has 0 saturated heterocycles. The van der Waals surface area contributed by atoms with Gasteiger partial charge in [0.05, 0.1) is 26.2 Å². The Kier molecular flexibility index (Phi) is 4.81. The van der Waals surface area contributed by atoms with E-state index in [9.17, 15) is 4.79 Å². The number of carbonyl (C=O) groups excluding carboxylic acids is 1. The zero-order valence-electron chi connectivity index (χ0n) is 12.9. The van der Waals surface area contributed by atoms with Crippen LogP contribution in [0.5, 0.6) is 0 Å². The average molecular weight is 275 g/mol. The van der Waals surface area contributed by atoms with Crippen molar-refractivity contribution < 1.29 is 9.28 Å². The molecule has 1 aliphatic carbocycles. The monoisotopic (exact) mass is 275 g/mol. The lowest BCUT2D eigenvalue weighted by Crippen LogP contribution is -2.53. The standard InChI is InChI=1S/C17H26N2O/c1-14(15-9-5-4-6-10-15)18-17(20)13-19(2,3)16-11-7-8-12-16/h4-6,9-10,14,16H,7-8,11-13H2,1-3H3/p+1/t14-/m1/s1. The van der Waals surface area contributed by atoms with Crippen molar-refractivity contribution in [1.82, 2.24) is 5.32 Å². The van der Waals surface area contributed by atoms with Crippen LogP contribution in [0.1, 0.15) is 44.2 Å². The van der Waals surface area contributed by atoms with Gasteiger partial charge >= 0.3 is 0 Å². The Labute approximate surface area is 122 Å². The number of benzene rings is 1. The SMILES string of the molecule is C[C@@H](NC(=O)C[N+](C)(C)C1CCCC1)c1ccccc1. The van der Waals surface area contributed by atoms with Crippen LogP contribution in [-0.2, 0) is 4.79 Å². The normalized spacial score (nSPS) is 17.9. The van der Waals surface area contributed by atoms with Crippen molar-refractivity contribution in [3.05, 3.63) is 35.9 Å². The van der Waals surface area contributed by atoms with Crippen molar-refractivity contribution in [3.8, 4) is 0 Å². The lowest BCUT2D eigenvalue weighted by atomic mass is 10.1. The van der Waals surface area contributed by atoms with E-state index in [-0.39, 0.29) is 11.9 Å². The van der Waals surface area contributed by atoms with Crippen LogP contribution in [0.15, 0.2) is 30.3 Å². The van der Waals surface area contributed by atoms with E-state index in [1.165, 1.54) is 25.7 Å². The van der Waals surface area contributed by atoms with Crippen LogP contribution in [0, 0.1) is 0 Å². The highest BCUT2D eigenvalue weighted by atomic mass is 16.2. The quantitative estimate of drug-likeness (QED) is 0.823. The summed E-state index contributed by atoms with van der Waals surface area (Å²) < 4.78 is 0.813. The first-order valence-electron chi connectivity index (χ1n) is 7.66. The fraction of sp³-hybridized carbons (Fsp3) is 0.588. The molecule has 1 atom stereocenters. The van der Waals surface area contributed by atoms with Gasteiger partial charge in [-0.15, -0.1) is 0 Å². The van der Waals surface area contributed by atoms with Gasteiger partial charge in [0, 0.05) is 0 Å². The van der Waals surface area contributed by atoms with Gasteiger partial charge in [-0.2, -0.15) is 0 Å². The summed E-state index contributed by atoms with van der Waals surface area (Å²) in [6, 6.07) is 10.9. The molecule has 1 aliphatic rings. The highest BCUT2D eigenvalue weighted by molar-refractivity contribution is 5.77. The number of nitrogens with one attached hydrogen (secondary N) is 1. The van der Waals surface area contributed by atoms with E-state index < -0.39 is 0 Å². The minimum Gasteiger partial charge on any atom is -0.345 e. The topological polar surface area (TPSA) is 29.1 Å². The van der Waals surface area contributed by atoms with Gasteiger partial charge in [-0.25, -0.2) is 0 Å². The van der Waals surface area contributed by atoms with Crippen LogP contribution < -0.4 is 5.32 Å². The number of hydrogen-bond acceptors (Lipinski definition) is 1. The smallest absolute Gasteiger partial charge is 0.275 e. The first-order valence-corrected chi connectivity index (χ1v) is 7.66. The summed E-state index contributed by atoms with van der Waals surface area (Å²) in [6.07, 6.45) is 5.14. The lowest BCUT2D eigenvalue weighted by Gasteiger charge is -2.35. The molecule has 0 aliphatic heterocycles. The summed E-state index contributed by atoms with van der Waals surface area (Å²) in [6.45, 7) is 2.62. The lowest BCUT2D eigenvalue weighted by molar-refractivity contribution is -0.906. The Hall–Kier alpha value is -1.35. The molecule has 0 aromatic heterocycles. The second-order valence-electron chi connectivity index (χ2n) is 6.57. The molecule has 0 spiro atoms. The number of likely N-dealkylation sites (N-methyl/N-ethyl adjacent to an activating group) is 1. The molecular weight excluding hydrogens is 248 g/mol. The predicted octanol–water partition coefficient (Wildman–Crippen LogP) is 2.88. The van der Waals surface area contributed by atoms with Crippen LogP contribution in [0.4, 0.5) is 0 Å². The Balaban J connectivity index is 1.88. The van der Waals surface area contributed by atoms with Crippen LogP contribution >= 0.6 is 0 Å². The molecule has 0 heterocycles. The Morgan fingerprint density at radius 2 is 1.85 bits per heavy atom. The molecule has 0 unspecified atom stereocenters. The average Bonchev–Trinajstić information content (AvgIpc) is 2.93. The Morgan fingerprint density at radius 3 is 2.45 bits per heavy atom. The van der Waals surface area contributed by atoms with E-state index in [4.69, 9.17) is 0 Å². The summed E-state index contributed by atoms with van der Waals surface area (Å²) in [5.41, 5.74) is 1.16. The van der Waals surface area contributed by atoms with Crippen molar-refractivity contribution in [1.29, 1.82) is 0 Å². The second-order valence-corrected chi connectivity index (χ2v) is 6.57. The van der Waals surface area contributed by atoms with Crippen LogP contribution in [0.2, 0.25) is 0 Å². The minimum absolute atomic E-state index is 0.0762. The van der Waals surface area contributed by atoms with Gasteiger partial charge < -0.3 is 9.80 Å². The molecule has 110 valence electrons. The number of quaternary nitrogens is 1. The molecule has 1 amide bonds. The fourth-order valence-corrected chi connectivity index (χ4v) is 3.21. The first-order chi connectivity index (χ1) is 9.49. The highest BCUT2D eigenvalue weighted by Gasteiger charge is 2.33. The van der Waals surface area contributed by atoms with Gasteiger partial charge in [-0.3, -0.25) is 4.79 Å². The summed E-state index contributed by atoms with van der Waals surface area (Å²) in [7, 11) is 4.37. The number of nitrogens with zero attached hydrogens (tertiary/aromatic N) is 1. The van der Waals surface area contributed by atoms with E-state index in [0.29, 0.717) is 12.6 Å². The van der Waals surface area contributed by atoms with E-state index in [1.54, 1.807) is 0 Å². The maximum atomic E-state index is 12.3. The predicted molar refractivity (Wildman–Crippen MR) is 82.2 cm³/mol. The molecule has 1 N–H and O–H groups in total. The van der Waals surface area contributed by atoms with Crippen molar-refractivity contribution >= 4 is 5.91 Å². The van der Waals surface area contributed by atoms with Crippen LogP contribution in [-0.4, -0.2) is 37.1 Å². The Morgan fingerprint density at radius 1 is 1.25 bits per heavy atom. The summed E-state index contributed by atoms with van der Waals surface area (Å²) in [5, 5.41) is 3.12. The van der Waals surface area contributed by atoms with Gasteiger partial charge in [0.1, 0.15) is 0 Å². The maximum Gasteiger partial charge on any atom is 0.275 e. The van der Waals surface area contributed by atoms with E-state index in [2.05, 4.69) is 31.5 Å². The third-order valence-electron chi connectivity index (χ3n) is 4.54. The number of rotatable bonds is 5. The first kappa shape index (κ1) is 15.0. The molecule has 3 nitrogen and oxygen atoms in total. The molecule has 1 aromatic carbocycles. The molecular formula is C17H27N2O+. The summed E-state index contributed by atoms with van der Waals surface area (Å²) in [4.78, 5) is 12.3. The summed E-state index contributed by atoms with van der Waals surface area (Å²) in [5.74, 6) is 0.151. The third kappa shape index (κ3) is 3.83. The van der Waals surface area contributed by atoms with E-state index >= 15 is 0 Å². The molecule has 0 radical (unpaired) electrons. The molecule has 1 fully saturated rings. The van der Waals surface area contributed by atoms with E-state index in [1.807, 2.05) is 25.1 Å². The number of hydrogen-bond donors (Lipinski definition) is 1. The summed E-state index contributed by atoms with van der Waals surface area (Å²) >= 11 is 0. The van der Waals surface area contributed by atoms with Crippen molar-refractivity contribution in [2.24, 2.45) is 0 Å². The molecule has 1 saturated carbocycles. The molecule has 0 bridgehead atoms. The van der Waals surface area contributed by atoms with Gasteiger partial charge in [0.25, 0.3) is 5.91 Å². The van der Waals surface area contributed by atoms with Crippen molar-refractivity contribution in [2.75, 3.05) is 20.6 Å². The van der Waals surface area contributed by atoms with Gasteiger partial charge in [0.2, 0.25) is 0 Å². The maximum absolute atomic E-state index is 12.3. The number of amides is 1. The third-order valence-corrected chi connectivity index (χ3v) is 4.54. The van der Waals surface area contributed by atoms with Crippen LogP contribution in [0.25, 0.3) is 0 Å². The second kappa shape index (κ2) is 6.40. The van der Waals surface area contributed by atoms with Gasteiger partial charge in [-0.05, 0) is 38.2 Å². The van der Waals surface area contributed by atoms with Crippen LogP contribution in [0.3, 0.4) is 0 Å². The zero-order chi connectivity index (χ0) is 14.6. The Bertz CT molecular complexity index is 436. The largest absolute Gasteiger partial charge is 0.345 e. The minimum atomic E-state index is 0.0762. The fourth-order valence-electron chi connectivity index (χ4n) is 3.21. The molecule has 20 heavy (non-hydrogen) atoms. The van der Waals surface area contributed by atoms with Crippen molar-refractivity contribution in [3.63, 3.8) is 0 Å².